The Labute approximate surface area is 190 Å². The van der Waals surface area contributed by atoms with E-state index in [2.05, 4.69) is 38.2 Å². The van der Waals surface area contributed by atoms with Crippen LogP contribution in [0.1, 0.15) is 60.2 Å². The summed E-state index contributed by atoms with van der Waals surface area (Å²) in [6, 6.07) is 0. The molecule has 0 saturated carbocycles. The van der Waals surface area contributed by atoms with E-state index in [1.807, 2.05) is 4.57 Å². The van der Waals surface area contributed by atoms with Gasteiger partial charge in [-0.2, -0.15) is 0 Å². The van der Waals surface area contributed by atoms with Crippen molar-refractivity contribution in [2.45, 2.75) is 69.3 Å². The quantitative estimate of drug-likeness (QED) is 0.342. The molecule has 5 nitrogen and oxygen atoms in total. The lowest BCUT2D eigenvalue weighted by Crippen LogP contribution is -2.25. The maximum Gasteiger partial charge on any atom is 0.263 e. The van der Waals surface area contributed by atoms with Crippen LogP contribution in [0.15, 0.2) is 15.3 Å². The van der Waals surface area contributed by atoms with Gasteiger partial charge in [-0.1, -0.05) is 25.6 Å². The largest absolute Gasteiger partial charge is 0.309 e. The summed E-state index contributed by atoms with van der Waals surface area (Å²) in [4.78, 5) is 27.8. The van der Waals surface area contributed by atoms with Gasteiger partial charge in [-0.05, 0) is 58.3 Å². The molecule has 0 unspecified atom stereocenters. The fourth-order valence-electron chi connectivity index (χ4n) is 3.86. The van der Waals surface area contributed by atoms with Gasteiger partial charge in [0.05, 0.1) is 16.1 Å². The van der Waals surface area contributed by atoms with E-state index in [-0.39, 0.29) is 5.56 Å². The summed E-state index contributed by atoms with van der Waals surface area (Å²) < 4.78 is 1.92. The average Bonchev–Trinajstić information content (AvgIpc) is 3.32. The van der Waals surface area contributed by atoms with Crippen molar-refractivity contribution in [2.75, 3.05) is 20.6 Å². The summed E-state index contributed by atoms with van der Waals surface area (Å²) in [7, 11) is 4.15. The molecular weight excluding hydrogens is 432 g/mol. The molecule has 3 aromatic heterocycles. The Kier molecular flexibility index (Phi) is 6.97. The van der Waals surface area contributed by atoms with Crippen LogP contribution in [0.5, 0.6) is 0 Å². The van der Waals surface area contributed by atoms with E-state index < -0.39 is 0 Å². The highest BCUT2D eigenvalue weighted by atomic mass is 32.2. The van der Waals surface area contributed by atoms with Crippen molar-refractivity contribution in [3.05, 3.63) is 36.9 Å². The van der Waals surface area contributed by atoms with Crippen molar-refractivity contribution in [3.63, 3.8) is 0 Å². The molecular formula is C22H30N4OS3. The predicted molar refractivity (Wildman–Crippen MR) is 129 cm³/mol. The van der Waals surface area contributed by atoms with Gasteiger partial charge < -0.3 is 4.90 Å². The van der Waals surface area contributed by atoms with Gasteiger partial charge in [0.2, 0.25) is 0 Å². The molecule has 0 saturated heterocycles. The molecule has 4 rings (SSSR count). The zero-order valence-corrected chi connectivity index (χ0v) is 20.7. The van der Waals surface area contributed by atoms with Gasteiger partial charge in [0.1, 0.15) is 4.83 Å². The zero-order chi connectivity index (χ0) is 21.3. The number of rotatable bonds is 8. The Hall–Kier alpha value is -1.22. The fraction of sp³-hybridized carbons (Fsp3) is 0.591. The molecule has 0 radical (unpaired) electrons. The van der Waals surface area contributed by atoms with Gasteiger partial charge in [0, 0.05) is 28.5 Å². The van der Waals surface area contributed by atoms with Gasteiger partial charge in [-0.3, -0.25) is 9.36 Å². The molecule has 0 aromatic carbocycles. The average molecular weight is 463 g/mol. The van der Waals surface area contributed by atoms with Crippen molar-refractivity contribution in [1.82, 2.24) is 19.4 Å². The second-order valence-corrected chi connectivity index (χ2v) is 11.4. The first-order valence-corrected chi connectivity index (χ1v) is 13.4. The van der Waals surface area contributed by atoms with E-state index in [9.17, 15) is 4.79 Å². The minimum absolute atomic E-state index is 0.154. The van der Waals surface area contributed by atoms with Crippen LogP contribution in [0.4, 0.5) is 0 Å². The fourth-order valence-corrected chi connectivity index (χ4v) is 7.03. The first-order chi connectivity index (χ1) is 14.4. The number of aromatic nitrogens is 3. The highest BCUT2D eigenvalue weighted by Crippen LogP contribution is 2.35. The Morgan fingerprint density at radius 3 is 2.77 bits per heavy atom. The van der Waals surface area contributed by atoms with Crippen LogP contribution in [0, 0.1) is 0 Å². The number of thioether (sulfide) groups is 1. The van der Waals surface area contributed by atoms with E-state index in [0.29, 0.717) is 12.5 Å². The van der Waals surface area contributed by atoms with Gasteiger partial charge >= 0.3 is 0 Å². The molecule has 162 valence electrons. The van der Waals surface area contributed by atoms with E-state index in [0.717, 1.165) is 52.6 Å². The molecule has 0 atom stereocenters. The normalized spacial score (nSPS) is 14.2. The first kappa shape index (κ1) is 22.0. The number of hydrogen-bond donors (Lipinski definition) is 0. The van der Waals surface area contributed by atoms with Gasteiger partial charge in [-0.15, -0.1) is 22.7 Å². The summed E-state index contributed by atoms with van der Waals surface area (Å²) in [5, 5.41) is 5.03. The van der Waals surface area contributed by atoms with Crippen LogP contribution in [0.3, 0.4) is 0 Å². The summed E-state index contributed by atoms with van der Waals surface area (Å²) in [6.45, 7) is 6.01. The molecule has 8 heteroatoms. The SMILES string of the molecule is CC(C)c1nc(CSc2nc3sc4c(c3c(=O)n2CCCN(C)C)CCCC4)cs1. The lowest BCUT2D eigenvalue weighted by molar-refractivity contribution is 0.379. The maximum atomic E-state index is 13.6. The number of nitrogens with zero attached hydrogens (tertiary/aromatic N) is 4. The van der Waals surface area contributed by atoms with Gasteiger partial charge in [0.25, 0.3) is 5.56 Å². The molecule has 3 aromatic rings. The third-order valence-corrected chi connectivity index (χ3v) is 8.83. The molecule has 0 aliphatic heterocycles. The van der Waals surface area contributed by atoms with Crippen molar-refractivity contribution >= 4 is 44.7 Å². The third kappa shape index (κ3) is 4.66. The standard InChI is InChI=1S/C22H30N4OS3/c1-14(2)19-23-15(12-28-19)13-29-22-24-20-18(16-8-5-6-9-17(16)30-20)21(27)26(22)11-7-10-25(3)4/h12,14H,5-11,13H2,1-4H3. The highest BCUT2D eigenvalue weighted by molar-refractivity contribution is 7.98. The summed E-state index contributed by atoms with van der Waals surface area (Å²) >= 11 is 5.10. The minimum atomic E-state index is 0.154. The molecule has 3 heterocycles. The van der Waals surface area contributed by atoms with E-state index in [1.54, 1.807) is 34.4 Å². The number of fused-ring (bicyclic) bond motifs is 3. The van der Waals surface area contributed by atoms with Gasteiger partial charge in [0.15, 0.2) is 5.16 Å². The van der Waals surface area contributed by atoms with Crippen molar-refractivity contribution in [1.29, 1.82) is 0 Å². The lowest BCUT2D eigenvalue weighted by atomic mass is 9.97. The number of hydrogen-bond acceptors (Lipinski definition) is 7. The molecule has 0 fully saturated rings. The Morgan fingerprint density at radius 1 is 1.23 bits per heavy atom. The van der Waals surface area contributed by atoms with E-state index in [4.69, 9.17) is 9.97 Å². The van der Waals surface area contributed by atoms with Crippen LogP contribution in [-0.2, 0) is 25.1 Å². The molecule has 1 aliphatic carbocycles. The van der Waals surface area contributed by atoms with E-state index >= 15 is 0 Å². The monoisotopic (exact) mass is 462 g/mol. The summed E-state index contributed by atoms with van der Waals surface area (Å²) in [5.74, 6) is 1.20. The second-order valence-electron chi connectivity index (χ2n) is 8.52. The lowest BCUT2D eigenvalue weighted by Gasteiger charge is -2.15. The van der Waals surface area contributed by atoms with Gasteiger partial charge in [-0.25, -0.2) is 9.97 Å². The Morgan fingerprint density at radius 2 is 2.03 bits per heavy atom. The van der Waals surface area contributed by atoms with Crippen molar-refractivity contribution in [3.8, 4) is 0 Å². The topological polar surface area (TPSA) is 51.0 Å². The molecule has 0 spiro atoms. The van der Waals surface area contributed by atoms with E-state index in [1.165, 1.54) is 28.3 Å². The van der Waals surface area contributed by atoms with Crippen LogP contribution < -0.4 is 5.56 Å². The summed E-state index contributed by atoms with van der Waals surface area (Å²) in [5.41, 5.74) is 2.51. The summed E-state index contributed by atoms with van der Waals surface area (Å²) in [6.07, 6.45) is 5.45. The first-order valence-electron chi connectivity index (χ1n) is 10.7. The highest BCUT2D eigenvalue weighted by Gasteiger charge is 2.22. The molecule has 0 bridgehead atoms. The number of thiophene rings is 1. The van der Waals surface area contributed by atoms with Crippen LogP contribution in [-0.4, -0.2) is 40.1 Å². The van der Waals surface area contributed by atoms with Crippen LogP contribution in [0.2, 0.25) is 0 Å². The number of thiazole rings is 1. The second kappa shape index (κ2) is 9.51. The molecule has 0 amide bonds. The maximum absolute atomic E-state index is 13.6. The molecule has 0 N–H and O–H groups in total. The minimum Gasteiger partial charge on any atom is -0.309 e. The Balaban J connectivity index is 1.67. The Bertz CT molecular complexity index is 1080. The molecule has 1 aliphatic rings. The van der Waals surface area contributed by atoms with Crippen LogP contribution >= 0.6 is 34.4 Å². The predicted octanol–water partition coefficient (Wildman–Crippen LogP) is 5.16. The van der Waals surface area contributed by atoms with Crippen molar-refractivity contribution in [2.24, 2.45) is 0 Å². The van der Waals surface area contributed by atoms with Crippen molar-refractivity contribution < 1.29 is 0 Å². The number of aryl methyl sites for hydroxylation is 2. The molecule has 30 heavy (non-hydrogen) atoms. The smallest absolute Gasteiger partial charge is 0.263 e. The zero-order valence-electron chi connectivity index (χ0n) is 18.2. The third-order valence-electron chi connectivity index (χ3n) is 5.44. The van der Waals surface area contributed by atoms with Crippen LogP contribution in [0.25, 0.3) is 10.2 Å².